The molecule has 12 heteroatoms. The Labute approximate surface area is 258 Å². The normalized spacial score (nSPS) is 19.5. The average Bonchev–Trinajstić information content (AvgIpc) is 3.62. The first kappa shape index (κ1) is 28.1. The van der Waals surface area contributed by atoms with E-state index in [1.54, 1.807) is 54.6 Å². The summed E-state index contributed by atoms with van der Waals surface area (Å²) in [5, 5.41) is 21.7. The topological polar surface area (TPSA) is 92.6 Å². The van der Waals surface area contributed by atoms with E-state index in [1.807, 2.05) is 13.0 Å². The summed E-state index contributed by atoms with van der Waals surface area (Å²) < 4.78 is 6.35. The van der Waals surface area contributed by atoms with Gasteiger partial charge in [0.15, 0.2) is 4.34 Å². The molecule has 4 aromatic rings. The molecule has 3 aromatic carbocycles. The molecule has 1 aromatic heterocycles. The van der Waals surface area contributed by atoms with Crippen molar-refractivity contribution in [3.8, 4) is 5.75 Å². The van der Waals surface area contributed by atoms with Gasteiger partial charge in [0.05, 0.1) is 11.6 Å². The van der Waals surface area contributed by atoms with Gasteiger partial charge in [0, 0.05) is 32.8 Å². The number of hydrogen-bond donors (Lipinski definition) is 1. The summed E-state index contributed by atoms with van der Waals surface area (Å²) >= 11 is 21.2. The van der Waals surface area contributed by atoms with Crippen molar-refractivity contribution in [2.75, 3.05) is 4.90 Å². The number of halogens is 3. The number of carbonyl (C=O) groups is 2. The van der Waals surface area contributed by atoms with E-state index >= 15 is 0 Å². The maximum atomic E-state index is 13.5. The lowest BCUT2D eigenvalue weighted by molar-refractivity contribution is -0.132. The Morgan fingerprint density at radius 3 is 2.66 bits per heavy atom. The van der Waals surface area contributed by atoms with Gasteiger partial charge in [-0.25, -0.2) is 0 Å². The number of rotatable bonds is 6. The van der Waals surface area contributed by atoms with Crippen LogP contribution in [-0.2, 0) is 21.8 Å². The Morgan fingerprint density at radius 2 is 1.88 bits per heavy atom. The van der Waals surface area contributed by atoms with E-state index in [1.165, 1.54) is 16.7 Å². The van der Waals surface area contributed by atoms with E-state index in [2.05, 4.69) is 10.2 Å². The molecular formula is C29H20Cl3N3O4S2. The van der Waals surface area contributed by atoms with E-state index in [0.717, 1.165) is 28.2 Å². The molecule has 6 rings (SSSR count). The number of aliphatic hydroxyl groups is 1. The zero-order chi connectivity index (χ0) is 28.8. The number of anilines is 1. The predicted molar refractivity (Wildman–Crippen MR) is 162 cm³/mol. The minimum Gasteiger partial charge on any atom is -0.507 e. The minimum atomic E-state index is -0.964. The molecule has 41 heavy (non-hydrogen) atoms. The molecule has 2 aliphatic rings. The number of ketones is 1. The van der Waals surface area contributed by atoms with E-state index in [9.17, 15) is 14.7 Å². The van der Waals surface area contributed by atoms with Gasteiger partial charge < -0.3 is 9.84 Å². The number of thioether (sulfide) groups is 1. The molecule has 1 N–H and O–H groups in total. The van der Waals surface area contributed by atoms with E-state index in [4.69, 9.17) is 39.5 Å². The number of benzene rings is 3. The first-order chi connectivity index (χ1) is 19.7. The quantitative estimate of drug-likeness (QED) is 0.0755. The van der Waals surface area contributed by atoms with Crippen LogP contribution in [0.3, 0.4) is 0 Å². The van der Waals surface area contributed by atoms with Crippen LogP contribution in [0.15, 0.2) is 70.6 Å². The second-order valence-electron chi connectivity index (χ2n) is 9.55. The smallest absolute Gasteiger partial charge is 0.301 e. The number of Topliss-reactive ketones (excluding diaryl/α,β-unsaturated/α-hetero) is 1. The van der Waals surface area contributed by atoms with Crippen molar-refractivity contribution in [3.05, 3.63) is 104 Å². The van der Waals surface area contributed by atoms with Crippen molar-refractivity contribution < 1.29 is 19.4 Å². The number of nitrogens with zero attached hydrogens (tertiary/aromatic N) is 3. The predicted octanol–water partition coefficient (Wildman–Crippen LogP) is 7.74. The molecule has 7 nitrogen and oxygen atoms in total. The highest BCUT2D eigenvalue weighted by Crippen LogP contribution is 2.45. The summed E-state index contributed by atoms with van der Waals surface area (Å²) in [4.78, 5) is 28.3. The fourth-order valence-corrected chi connectivity index (χ4v) is 7.51. The fourth-order valence-electron chi connectivity index (χ4n) is 4.88. The van der Waals surface area contributed by atoms with E-state index in [0.29, 0.717) is 42.7 Å². The van der Waals surface area contributed by atoms with Gasteiger partial charge in [-0.2, -0.15) is 0 Å². The molecule has 3 heterocycles. The maximum Gasteiger partial charge on any atom is 0.301 e. The Hall–Kier alpha value is -3.08. The highest BCUT2D eigenvalue weighted by atomic mass is 35.5. The lowest BCUT2D eigenvalue weighted by atomic mass is 9.94. The van der Waals surface area contributed by atoms with Crippen molar-refractivity contribution in [2.45, 2.75) is 35.6 Å². The van der Waals surface area contributed by atoms with Crippen LogP contribution in [-0.4, -0.2) is 33.1 Å². The second kappa shape index (κ2) is 11.3. The van der Waals surface area contributed by atoms with Gasteiger partial charge in [-0.15, -0.1) is 10.2 Å². The highest BCUT2D eigenvalue weighted by molar-refractivity contribution is 8.00. The van der Waals surface area contributed by atoms with Crippen LogP contribution in [0.1, 0.15) is 35.2 Å². The van der Waals surface area contributed by atoms with Gasteiger partial charge in [0.1, 0.15) is 17.6 Å². The van der Waals surface area contributed by atoms with Crippen molar-refractivity contribution in [3.63, 3.8) is 0 Å². The number of aromatic nitrogens is 2. The van der Waals surface area contributed by atoms with Crippen LogP contribution < -0.4 is 9.64 Å². The summed E-state index contributed by atoms with van der Waals surface area (Å²) in [5.41, 5.74) is 2.70. The van der Waals surface area contributed by atoms with Gasteiger partial charge in [0.25, 0.3) is 5.78 Å². The summed E-state index contributed by atoms with van der Waals surface area (Å²) in [5.74, 6) is -0.686. The van der Waals surface area contributed by atoms with Crippen molar-refractivity contribution in [1.82, 2.24) is 10.2 Å². The van der Waals surface area contributed by atoms with E-state index < -0.39 is 17.7 Å². The standard InChI is InChI=1S/C29H20Cl3N3O4S2/c1-14-9-18-10-16(6-8-22(18)39-14)25(36)23-24(15-3-2-4-19(30)11-15)35(27(38)26(23)37)28-33-34-29(41-28)40-13-17-5-7-20(31)12-21(17)32/h2-8,10-12,14,24,36H,9,13H2,1H3/t14-,24-/m0/s1. The van der Waals surface area contributed by atoms with Crippen molar-refractivity contribution in [2.24, 2.45) is 0 Å². The molecule has 1 saturated heterocycles. The summed E-state index contributed by atoms with van der Waals surface area (Å²) in [6, 6.07) is 16.4. The molecule has 1 fully saturated rings. The Kier molecular flexibility index (Phi) is 7.74. The van der Waals surface area contributed by atoms with Crippen molar-refractivity contribution in [1.29, 1.82) is 0 Å². The number of aliphatic hydroxyl groups excluding tert-OH is 1. The Morgan fingerprint density at radius 1 is 1.07 bits per heavy atom. The third-order valence-corrected chi connectivity index (χ3v) is 9.67. The van der Waals surface area contributed by atoms with Crippen LogP contribution >= 0.6 is 57.9 Å². The second-order valence-corrected chi connectivity index (χ2v) is 13.0. The molecule has 208 valence electrons. The number of hydrogen-bond acceptors (Lipinski definition) is 8. The molecule has 0 unspecified atom stereocenters. The number of ether oxygens (including phenoxy) is 1. The molecule has 0 radical (unpaired) electrons. The summed E-state index contributed by atoms with van der Waals surface area (Å²) in [7, 11) is 0. The van der Waals surface area contributed by atoms with Gasteiger partial charge in [-0.05, 0) is 66.1 Å². The van der Waals surface area contributed by atoms with Crippen LogP contribution in [0, 0.1) is 0 Å². The first-order valence-electron chi connectivity index (χ1n) is 12.5. The molecule has 2 aliphatic heterocycles. The first-order valence-corrected chi connectivity index (χ1v) is 15.4. The molecule has 0 saturated carbocycles. The van der Waals surface area contributed by atoms with Crippen LogP contribution in [0.2, 0.25) is 15.1 Å². The van der Waals surface area contributed by atoms with Gasteiger partial charge in [0.2, 0.25) is 5.13 Å². The maximum absolute atomic E-state index is 13.5. The SMILES string of the molecule is C[C@H]1Cc2cc(C(O)=C3C(=O)C(=O)N(c4nnc(SCc5ccc(Cl)cc5Cl)s4)[C@H]3c3cccc(Cl)c3)ccc2O1. The molecular weight excluding hydrogens is 625 g/mol. The van der Waals surface area contributed by atoms with Gasteiger partial charge >= 0.3 is 5.91 Å². The monoisotopic (exact) mass is 643 g/mol. The summed E-state index contributed by atoms with van der Waals surface area (Å²) in [6.07, 6.45) is 0.689. The fraction of sp³-hybridized carbons (Fsp3) is 0.172. The number of amides is 1. The van der Waals surface area contributed by atoms with Crippen molar-refractivity contribution >= 4 is 80.5 Å². The molecule has 1 amide bonds. The molecule has 0 spiro atoms. The average molecular weight is 645 g/mol. The third kappa shape index (κ3) is 5.45. The molecule has 0 bridgehead atoms. The number of fused-ring (bicyclic) bond motifs is 1. The zero-order valence-electron chi connectivity index (χ0n) is 21.3. The van der Waals surface area contributed by atoms with Crippen LogP contribution in [0.4, 0.5) is 5.13 Å². The highest BCUT2D eigenvalue weighted by Gasteiger charge is 2.48. The van der Waals surface area contributed by atoms with Gasteiger partial charge in [-0.1, -0.05) is 76.1 Å². The largest absolute Gasteiger partial charge is 0.507 e. The van der Waals surface area contributed by atoms with E-state index in [-0.39, 0.29) is 22.6 Å². The lowest BCUT2D eigenvalue weighted by Gasteiger charge is -2.22. The third-order valence-electron chi connectivity index (χ3n) is 6.75. The molecule has 2 atom stereocenters. The Balaban J connectivity index is 1.38. The van der Waals surface area contributed by atoms with Gasteiger partial charge in [-0.3, -0.25) is 14.5 Å². The zero-order valence-corrected chi connectivity index (χ0v) is 25.2. The summed E-state index contributed by atoms with van der Waals surface area (Å²) in [6.45, 7) is 1.96. The number of carbonyl (C=O) groups excluding carboxylic acids is 2. The Bertz CT molecular complexity index is 1740. The van der Waals surface area contributed by atoms with Crippen LogP contribution in [0.5, 0.6) is 5.75 Å². The van der Waals surface area contributed by atoms with Crippen LogP contribution in [0.25, 0.3) is 5.76 Å². The minimum absolute atomic E-state index is 0.0135. The lowest BCUT2D eigenvalue weighted by Crippen LogP contribution is -2.29. The molecule has 0 aliphatic carbocycles.